The Morgan fingerprint density at radius 1 is 1.06 bits per heavy atom. The van der Waals surface area contributed by atoms with E-state index in [0.717, 1.165) is 0 Å². The molecule has 0 aromatic carbocycles. The lowest BCUT2D eigenvalue weighted by Gasteiger charge is -2.00. The van der Waals surface area contributed by atoms with E-state index < -0.39 is 5.97 Å². The highest BCUT2D eigenvalue weighted by Gasteiger charge is 2.05. The van der Waals surface area contributed by atoms with Gasteiger partial charge in [-0.1, -0.05) is 0 Å². The summed E-state index contributed by atoms with van der Waals surface area (Å²) < 4.78 is 0. The molecule has 0 amide bonds. The van der Waals surface area contributed by atoms with Crippen molar-refractivity contribution in [3.05, 3.63) is 47.8 Å². The van der Waals surface area contributed by atoms with Crippen LogP contribution in [0.25, 0.3) is 11.4 Å². The molecule has 2 aromatic heterocycles. The van der Waals surface area contributed by atoms with E-state index in [0.29, 0.717) is 23.2 Å². The summed E-state index contributed by atoms with van der Waals surface area (Å²) in [4.78, 5) is 29.1. The molecule has 2 rings (SSSR count). The highest BCUT2D eigenvalue weighted by molar-refractivity contribution is 5.87. The molecule has 0 aliphatic rings. The molecule has 0 saturated heterocycles. The van der Waals surface area contributed by atoms with Crippen molar-refractivity contribution in [3.63, 3.8) is 0 Å². The second kappa shape index (κ2) is 4.52. The molecule has 0 aliphatic heterocycles. The maximum absolute atomic E-state index is 10.6. The average Bonchev–Trinajstić information content (AvgIpc) is 2.39. The van der Waals surface area contributed by atoms with E-state index in [9.17, 15) is 9.59 Å². The van der Waals surface area contributed by atoms with Crippen LogP contribution in [0.4, 0.5) is 0 Å². The second-order valence-electron chi connectivity index (χ2n) is 3.33. The van der Waals surface area contributed by atoms with Crippen molar-refractivity contribution < 1.29 is 14.7 Å². The third kappa shape index (κ3) is 2.34. The third-order valence-corrected chi connectivity index (χ3v) is 2.20. The molecule has 2 heterocycles. The summed E-state index contributed by atoms with van der Waals surface area (Å²) in [6.45, 7) is 0. The van der Waals surface area contributed by atoms with Crippen LogP contribution in [0.2, 0.25) is 0 Å². The van der Waals surface area contributed by atoms with Crippen LogP contribution in [0, 0.1) is 0 Å². The van der Waals surface area contributed by atoms with E-state index in [1.165, 1.54) is 18.5 Å². The van der Waals surface area contributed by atoms with Gasteiger partial charge in [0.05, 0.1) is 17.0 Å². The Morgan fingerprint density at radius 3 is 2.12 bits per heavy atom. The van der Waals surface area contributed by atoms with Gasteiger partial charge in [0, 0.05) is 18.0 Å². The van der Waals surface area contributed by atoms with Gasteiger partial charge in [0.1, 0.15) is 0 Å². The zero-order chi connectivity index (χ0) is 12.3. The van der Waals surface area contributed by atoms with Crippen LogP contribution >= 0.6 is 0 Å². The fourth-order valence-corrected chi connectivity index (χ4v) is 1.30. The van der Waals surface area contributed by atoms with Crippen LogP contribution in [0.5, 0.6) is 0 Å². The summed E-state index contributed by atoms with van der Waals surface area (Å²) in [5, 5.41) is 8.72. The Balaban J connectivity index is 2.32. The van der Waals surface area contributed by atoms with E-state index in [-0.39, 0.29) is 5.56 Å². The second-order valence-corrected chi connectivity index (χ2v) is 3.33. The van der Waals surface area contributed by atoms with Gasteiger partial charge in [-0.05, 0) is 24.3 Å². The Kier molecular flexibility index (Phi) is 2.91. The molecular formula is C12H8N2O3. The molecule has 5 nitrogen and oxygen atoms in total. The van der Waals surface area contributed by atoms with E-state index in [4.69, 9.17) is 5.11 Å². The minimum atomic E-state index is -1.02. The summed E-state index contributed by atoms with van der Waals surface area (Å²) in [7, 11) is 0. The van der Waals surface area contributed by atoms with Crippen molar-refractivity contribution in [2.75, 3.05) is 0 Å². The molecule has 0 aliphatic carbocycles. The highest BCUT2D eigenvalue weighted by Crippen LogP contribution is 2.14. The van der Waals surface area contributed by atoms with Crippen molar-refractivity contribution in [2.45, 2.75) is 0 Å². The number of carbonyl (C=O) groups excluding carboxylic acids is 1. The van der Waals surface area contributed by atoms with Crippen LogP contribution in [0.3, 0.4) is 0 Å². The van der Waals surface area contributed by atoms with Gasteiger partial charge in [0.2, 0.25) is 0 Å². The molecule has 0 spiro atoms. The predicted octanol–water partition coefficient (Wildman–Crippen LogP) is 1.65. The first-order valence-electron chi connectivity index (χ1n) is 4.81. The molecule has 0 saturated carbocycles. The number of carboxylic acid groups (broad SMARTS) is 1. The molecular weight excluding hydrogens is 220 g/mol. The summed E-state index contributed by atoms with van der Waals surface area (Å²) in [6.07, 6.45) is 3.42. The molecule has 17 heavy (non-hydrogen) atoms. The molecule has 5 heteroatoms. The van der Waals surface area contributed by atoms with Crippen LogP contribution in [-0.4, -0.2) is 27.3 Å². The largest absolute Gasteiger partial charge is 0.478 e. The van der Waals surface area contributed by atoms with Crippen molar-refractivity contribution in [1.29, 1.82) is 0 Å². The van der Waals surface area contributed by atoms with Gasteiger partial charge in [-0.25, -0.2) is 4.79 Å². The van der Waals surface area contributed by atoms with Gasteiger partial charge in [0.15, 0.2) is 6.29 Å². The zero-order valence-electron chi connectivity index (χ0n) is 8.70. The molecule has 84 valence electrons. The maximum atomic E-state index is 10.6. The number of rotatable bonds is 3. The minimum absolute atomic E-state index is 0.123. The maximum Gasteiger partial charge on any atom is 0.337 e. The number of hydrogen-bond acceptors (Lipinski definition) is 4. The Bertz CT molecular complexity index is 547. The van der Waals surface area contributed by atoms with Crippen molar-refractivity contribution in [1.82, 2.24) is 9.97 Å². The number of aromatic carboxylic acids is 1. The van der Waals surface area contributed by atoms with Crippen LogP contribution < -0.4 is 0 Å². The third-order valence-electron chi connectivity index (χ3n) is 2.20. The van der Waals surface area contributed by atoms with Crippen molar-refractivity contribution >= 4 is 12.3 Å². The average molecular weight is 228 g/mol. The lowest BCUT2D eigenvalue weighted by Crippen LogP contribution is -1.97. The summed E-state index contributed by atoms with van der Waals surface area (Å²) in [5.74, 6) is -1.02. The van der Waals surface area contributed by atoms with Gasteiger partial charge < -0.3 is 5.11 Å². The lowest BCUT2D eigenvalue weighted by atomic mass is 10.2. The van der Waals surface area contributed by atoms with E-state index >= 15 is 0 Å². The first-order chi connectivity index (χ1) is 8.20. The van der Waals surface area contributed by atoms with Gasteiger partial charge in [-0.3, -0.25) is 14.8 Å². The van der Waals surface area contributed by atoms with Crippen LogP contribution in [-0.2, 0) is 0 Å². The standard InChI is InChI=1S/C12H8N2O3/c15-7-8-1-3-10(13-5-8)11-4-2-9(6-14-11)12(16)17/h1-7H,(H,16,17). The monoisotopic (exact) mass is 228 g/mol. The van der Waals surface area contributed by atoms with E-state index in [1.807, 2.05) is 0 Å². The zero-order valence-corrected chi connectivity index (χ0v) is 8.70. The number of carboxylic acids is 1. The number of aldehydes is 1. The minimum Gasteiger partial charge on any atom is -0.478 e. The number of nitrogens with zero attached hydrogens (tertiary/aromatic N) is 2. The first-order valence-corrected chi connectivity index (χ1v) is 4.81. The SMILES string of the molecule is O=Cc1ccc(-c2ccc(C(=O)O)cn2)nc1. The smallest absolute Gasteiger partial charge is 0.337 e. The summed E-state index contributed by atoms with van der Waals surface area (Å²) in [5.41, 5.74) is 1.76. The molecule has 0 unspecified atom stereocenters. The summed E-state index contributed by atoms with van der Waals surface area (Å²) >= 11 is 0. The summed E-state index contributed by atoms with van der Waals surface area (Å²) in [6, 6.07) is 6.32. The first kappa shape index (κ1) is 10.9. The molecule has 1 N–H and O–H groups in total. The number of pyridine rings is 2. The van der Waals surface area contributed by atoms with Gasteiger partial charge in [-0.15, -0.1) is 0 Å². The van der Waals surface area contributed by atoms with Gasteiger partial charge >= 0.3 is 5.97 Å². The number of carbonyl (C=O) groups is 2. The number of hydrogen-bond donors (Lipinski definition) is 1. The van der Waals surface area contributed by atoms with Crippen molar-refractivity contribution in [3.8, 4) is 11.4 Å². The van der Waals surface area contributed by atoms with E-state index in [1.54, 1.807) is 18.2 Å². The Labute approximate surface area is 96.8 Å². The predicted molar refractivity (Wildman–Crippen MR) is 59.8 cm³/mol. The molecule has 0 atom stereocenters. The van der Waals surface area contributed by atoms with Crippen LogP contribution in [0.15, 0.2) is 36.7 Å². The fourth-order valence-electron chi connectivity index (χ4n) is 1.30. The fraction of sp³-hybridized carbons (Fsp3) is 0. The Morgan fingerprint density at radius 2 is 1.71 bits per heavy atom. The lowest BCUT2D eigenvalue weighted by molar-refractivity contribution is 0.0696. The normalized spacial score (nSPS) is 9.88. The van der Waals surface area contributed by atoms with Gasteiger partial charge in [0.25, 0.3) is 0 Å². The molecule has 0 bridgehead atoms. The highest BCUT2D eigenvalue weighted by atomic mass is 16.4. The van der Waals surface area contributed by atoms with E-state index in [2.05, 4.69) is 9.97 Å². The molecule has 0 radical (unpaired) electrons. The quantitative estimate of drug-likeness (QED) is 0.808. The van der Waals surface area contributed by atoms with Crippen molar-refractivity contribution in [2.24, 2.45) is 0 Å². The van der Waals surface area contributed by atoms with Gasteiger partial charge in [-0.2, -0.15) is 0 Å². The molecule has 2 aromatic rings. The van der Waals surface area contributed by atoms with Crippen LogP contribution in [0.1, 0.15) is 20.7 Å². The number of aromatic nitrogens is 2. The molecule has 0 fully saturated rings. The Hall–Kier alpha value is -2.56. The topological polar surface area (TPSA) is 80.2 Å².